The normalized spacial score (nSPS) is 10.9. The SMILES string of the molecule is O=[N+]([O-])c1cccc(-n2c(Sc3ccccn3)nc3cccnc32)c1. The Morgan fingerprint density at radius 3 is 2.68 bits per heavy atom. The van der Waals surface area contributed by atoms with Crippen molar-refractivity contribution in [2.24, 2.45) is 0 Å². The highest BCUT2D eigenvalue weighted by Gasteiger charge is 2.17. The van der Waals surface area contributed by atoms with E-state index in [2.05, 4.69) is 15.0 Å². The number of rotatable bonds is 4. The molecule has 7 nitrogen and oxygen atoms in total. The van der Waals surface area contributed by atoms with Crippen molar-refractivity contribution in [3.8, 4) is 5.69 Å². The molecule has 0 aliphatic rings. The molecule has 3 heterocycles. The van der Waals surface area contributed by atoms with Crippen LogP contribution >= 0.6 is 11.8 Å². The minimum atomic E-state index is -0.415. The van der Waals surface area contributed by atoms with E-state index in [1.54, 1.807) is 24.5 Å². The molecular formula is C17H11N5O2S. The third-order valence-corrected chi connectivity index (χ3v) is 4.42. The summed E-state index contributed by atoms with van der Waals surface area (Å²) in [4.78, 5) is 24.0. The van der Waals surface area contributed by atoms with Crippen LogP contribution in [-0.4, -0.2) is 24.4 Å². The molecule has 0 spiro atoms. The molecule has 4 rings (SSSR count). The summed E-state index contributed by atoms with van der Waals surface area (Å²) in [7, 11) is 0. The molecule has 3 aromatic heterocycles. The van der Waals surface area contributed by atoms with Gasteiger partial charge in [-0.25, -0.2) is 15.0 Å². The van der Waals surface area contributed by atoms with Crippen molar-refractivity contribution < 1.29 is 4.92 Å². The molecule has 0 N–H and O–H groups in total. The van der Waals surface area contributed by atoms with E-state index in [9.17, 15) is 10.1 Å². The van der Waals surface area contributed by atoms with Gasteiger partial charge in [-0.05, 0) is 42.1 Å². The molecule has 0 unspecified atom stereocenters. The first-order valence-electron chi connectivity index (χ1n) is 7.39. The summed E-state index contributed by atoms with van der Waals surface area (Å²) < 4.78 is 1.81. The molecule has 0 aliphatic carbocycles. The predicted molar refractivity (Wildman–Crippen MR) is 93.9 cm³/mol. The van der Waals surface area contributed by atoms with Crippen molar-refractivity contribution in [3.63, 3.8) is 0 Å². The topological polar surface area (TPSA) is 86.7 Å². The second-order valence-corrected chi connectivity index (χ2v) is 6.11. The number of fused-ring (bicyclic) bond motifs is 1. The van der Waals surface area contributed by atoms with Crippen molar-refractivity contribution in [3.05, 3.63) is 77.1 Å². The molecular weight excluding hydrogens is 338 g/mol. The lowest BCUT2D eigenvalue weighted by Gasteiger charge is -2.07. The van der Waals surface area contributed by atoms with Crippen LogP contribution in [0, 0.1) is 10.1 Å². The summed E-state index contributed by atoms with van der Waals surface area (Å²) >= 11 is 1.38. The van der Waals surface area contributed by atoms with Gasteiger partial charge in [0.25, 0.3) is 5.69 Å². The van der Waals surface area contributed by atoms with E-state index in [1.807, 2.05) is 34.9 Å². The van der Waals surface area contributed by atoms with Crippen molar-refractivity contribution in [2.75, 3.05) is 0 Å². The van der Waals surface area contributed by atoms with E-state index in [0.29, 0.717) is 22.0 Å². The minimum absolute atomic E-state index is 0.0177. The number of imidazole rings is 1. The van der Waals surface area contributed by atoms with Crippen LogP contribution in [0.1, 0.15) is 0 Å². The zero-order valence-electron chi connectivity index (χ0n) is 12.8. The lowest BCUT2D eigenvalue weighted by atomic mass is 10.3. The molecule has 0 aliphatic heterocycles. The van der Waals surface area contributed by atoms with Crippen LogP contribution in [0.3, 0.4) is 0 Å². The first-order valence-corrected chi connectivity index (χ1v) is 8.21. The van der Waals surface area contributed by atoms with E-state index in [-0.39, 0.29) is 5.69 Å². The molecule has 0 amide bonds. The van der Waals surface area contributed by atoms with Gasteiger partial charge in [-0.15, -0.1) is 0 Å². The third-order valence-electron chi connectivity index (χ3n) is 3.52. The number of benzene rings is 1. The summed E-state index contributed by atoms with van der Waals surface area (Å²) in [5.41, 5.74) is 2.01. The number of aromatic nitrogens is 4. The molecule has 0 bridgehead atoms. The zero-order chi connectivity index (χ0) is 17.2. The third kappa shape index (κ3) is 2.94. The first-order chi connectivity index (χ1) is 12.2. The largest absolute Gasteiger partial charge is 0.271 e. The highest BCUT2D eigenvalue weighted by atomic mass is 32.2. The van der Waals surface area contributed by atoms with Crippen molar-refractivity contribution in [1.29, 1.82) is 0 Å². The van der Waals surface area contributed by atoms with Gasteiger partial charge in [0.1, 0.15) is 10.5 Å². The molecule has 4 aromatic rings. The highest BCUT2D eigenvalue weighted by Crippen LogP contribution is 2.31. The fourth-order valence-electron chi connectivity index (χ4n) is 2.44. The van der Waals surface area contributed by atoms with Crippen LogP contribution in [0.5, 0.6) is 0 Å². The highest BCUT2D eigenvalue weighted by molar-refractivity contribution is 7.99. The van der Waals surface area contributed by atoms with E-state index >= 15 is 0 Å². The van der Waals surface area contributed by atoms with Gasteiger partial charge in [-0.1, -0.05) is 12.1 Å². The maximum atomic E-state index is 11.1. The van der Waals surface area contributed by atoms with Crippen LogP contribution < -0.4 is 0 Å². The molecule has 1 aromatic carbocycles. The van der Waals surface area contributed by atoms with Gasteiger partial charge in [-0.3, -0.25) is 14.7 Å². The first kappa shape index (κ1) is 15.3. The Bertz CT molecular complexity index is 1070. The Hall–Kier alpha value is -3.26. The lowest BCUT2D eigenvalue weighted by Crippen LogP contribution is -1.99. The Morgan fingerprint density at radius 1 is 1.00 bits per heavy atom. The lowest BCUT2D eigenvalue weighted by molar-refractivity contribution is -0.384. The van der Waals surface area contributed by atoms with Gasteiger partial charge in [0, 0.05) is 24.5 Å². The van der Waals surface area contributed by atoms with Gasteiger partial charge in [0.2, 0.25) is 0 Å². The number of pyridine rings is 2. The molecule has 25 heavy (non-hydrogen) atoms. The fraction of sp³-hybridized carbons (Fsp3) is 0. The Morgan fingerprint density at radius 2 is 1.88 bits per heavy atom. The van der Waals surface area contributed by atoms with E-state index < -0.39 is 4.92 Å². The van der Waals surface area contributed by atoms with Gasteiger partial charge in [-0.2, -0.15) is 0 Å². The smallest absolute Gasteiger partial charge is 0.271 e. The average Bonchev–Trinajstić information content (AvgIpc) is 3.00. The Kier molecular flexibility index (Phi) is 3.87. The van der Waals surface area contributed by atoms with E-state index in [1.165, 1.54) is 23.9 Å². The number of hydrogen-bond donors (Lipinski definition) is 0. The number of hydrogen-bond acceptors (Lipinski definition) is 6. The summed E-state index contributed by atoms with van der Waals surface area (Å²) in [6, 6.07) is 15.7. The van der Waals surface area contributed by atoms with Crippen LogP contribution in [0.2, 0.25) is 0 Å². The maximum Gasteiger partial charge on any atom is 0.271 e. The number of nitro benzene ring substituents is 1. The Labute approximate surface area is 146 Å². The fourth-order valence-corrected chi connectivity index (χ4v) is 3.31. The molecule has 0 atom stereocenters. The number of nitro groups is 1. The van der Waals surface area contributed by atoms with Crippen molar-refractivity contribution in [2.45, 2.75) is 10.2 Å². The van der Waals surface area contributed by atoms with Crippen molar-refractivity contribution >= 4 is 28.6 Å². The zero-order valence-corrected chi connectivity index (χ0v) is 13.6. The van der Waals surface area contributed by atoms with Crippen LogP contribution in [0.25, 0.3) is 16.9 Å². The van der Waals surface area contributed by atoms with Gasteiger partial charge in [0.15, 0.2) is 10.8 Å². The summed E-state index contributed by atoms with van der Waals surface area (Å²) in [5.74, 6) is 0. The maximum absolute atomic E-state index is 11.1. The van der Waals surface area contributed by atoms with E-state index in [0.717, 1.165) is 5.03 Å². The van der Waals surface area contributed by atoms with Crippen LogP contribution in [-0.2, 0) is 0 Å². The molecule has 0 saturated carbocycles. The molecule has 122 valence electrons. The summed E-state index contributed by atoms with van der Waals surface area (Å²) in [6.45, 7) is 0. The predicted octanol–water partition coefficient (Wildman–Crippen LogP) is 3.87. The van der Waals surface area contributed by atoms with Crippen LogP contribution in [0.15, 0.2) is 77.2 Å². The molecule has 0 radical (unpaired) electrons. The Balaban J connectivity index is 1.90. The van der Waals surface area contributed by atoms with Gasteiger partial charge < -0.3 is 0 Å². The number of non-ortho nitro benzene ring substituents is 1. The van der Waals surface area contributed by atoms with Crippen molar-refractivity contribution in [1.82, 2.24) is 19.5 Å². The quantitative estimate of drug-likeness (QED) is 0.410. The molecule has 0 saturated heterocycles. The van der Waals surface area contributed by atoms with Crippen LogP contribution in [0.4, 0.5) is 5.69 Å². The van der Waals surface area contributed by atoms with Gasteiger partial charge >= 0.3 is 0 Å². The molecule has 0 fully saturated rings. The number of nitrogens with zero attached hydrogens (tertiary/aromatic N) is 5. The summed E-state index contributed by atoms with van der Waals surface area (Å²) in [5, 5.41) is 12.5. The monoisotopic (exact) mass is 349 g/mol. The average molecular weight is 349 g/mol. The second-order valence-electron chi connectivity index (χ2n) is 5.12. The standard InChI is InChI=1S/C17H11N5O2S/c23-22(24)13-6-3-5-12(11-13)21-16-14(7-4-10-19-16)20-17(21)25-15-8-1-2-9-18-15/h1-11H. The summed E-state index contributed by atoms with van der Waals surface area (Å²) in [6.07, 6.45) is 3.38. The minimum Gasteiger partial charge on any atom is -0.271 e. The molecule has 8 heteroatoms. The van der Waals surface area contributed by atoms with Gasteiger partial charge in [0.05, 0.1) is 10.6 Å². The second kappa shape index (κ2) is 6.33. The van der Waals surface area contributed by atoms with E-state index in [4.69, 9.17) is 0 Å².